The molecule has 0 radical (unpaired) electrons. The first-order valence-electron chi connectivity index (χ1n) is 6.29. The molecule has 4 heteroatoms. The SMILES string of the molecule is CC(C)CCn1c(C(C)Cl)nc2c(F)cccc21. The van der Waals surface area contributed by atoms with Crippen LogP contribution in [0.1, 0.15) is 38.4 Å². The van der Waals surface area contributed by atoms with Crippen molar-refractivity contribution < 1.29 is 4.39 Å². The van der Waals surface area contributed by atoms with E-state index in [2.05, 4.69) is 18.8 Å². The van der Waals surface area contributed by atoms with E-state index in [0.717, 1.165) is 24.3 Å². The van der Waals surface area contributed by atoms with Gasteiger partial charge in [-0.15, -0.1) is 11.6 Å². The van der Waals surface area contributed by atoms with Crippen LogP contribution < -0.4 is 0 Å². The van der Waals surface area contributed by atoms with Gasteiger partial charge in [-0.1, -0.05) is 19.9 Å². The maximum Gasteiger partial charge on any atom is 0.151 e. The lowest BCUT2D eigenvalue weighted by Crippen LogP contribution is -2.06. The summed E-state index contributed by atoms with van der Waals surface area (Å²) in [6, 6.07) is 5.05. The molecule has 1 atom stereocenters. The quantitative estimate of drug-likeness (QED) is 0.746. The summed E-state index contributed by atoms with van der Waals surface area (Å²) in [5.74, 6) is 1.06. The van der Waals surface area contributed by atoms with E-state index in [1.165, 1.54) is 6.07 Å². The van der Waals surface area contributed by atoms with E-state index in [1.54, 1.807) is 6.07 Å². The molecule has 1 heterocycles. The molecule has 2 rings (SSSR count). The second-order valence-corrected chi connectivity index (χ2v) is 5.68. The lowest BCUT2D eigenvalue weighted by atomic mass is 10.1. The third kappa shape index (κ3) is 2.51. The van der Waals surface area contributed by atoms with Crippen molar-refractivity contribution in [2.45, 2.75) is 39.1 Å². The summed E-state index contributed by atoms with van der Waals surface area (Å²) in [5.41, 5.74) is 1.25. The fourth-order valence-electron chi connectivity index (χ4n) is 2.06. The maximum absolute atomic E-state index is 13.7. The van der Waals surface area contributed by atoms with Crippen molar-refractivity contribution in [1.82, 2.24) is 9.55 Å². The van der Waals surface area contributed by atoms with E-state index in [0.29, 0.717) is 11.4 Å². The van der Waals surface area contributed by atoms with Gasteiger partial charge in [0.25, 0.3) is 0 Å². The molecule has 0 fully saturated rings. The number of fused-ring (bicyclic) bond motifs is 1. The number of rotatable bonds is 4. The predicted molar refractivity (Wildman–Crippen MR) is 73.4 cm³/mol. The summed E-state index contributed by atoms with van der Waals surface area (Å²) in [6.07, 6.45) is 1.03. The summed E-state index contributed by atoms with van der Waals surface area (Å²) in [7, 11) is 0. The molecule has 0 amide bonds. The molecule has 2 nitrogen and oxygen atoms in total. The number of benzene rings is 1. The van der Waals surface area contributed by atoms with Crippen LogP contribution in [0.5, 0.6) is 0 Å². The Kier molecular flexibility index (Phi) is 3.91. The third-order valence-electron chi connectivity index (χ3n) is 3.05. The number of halogens is 2. The van der Waals surface area contributed by atoms with Gasteiger partial charge in [-0.05, 0) is 31.4 Å². The highest BCUT2D eigenvalue weighted by molar-refractivity contribution is 6.20. The molecule has 1 aromatic carbocycles. The van der Waals surface area contributed by atoms with Crippen LogP contribution in [0.15, 0.2) is 18.2 Å². The van der Waals surface area contributed by atoms with Gasteiger partial charge in [-0.25, -0.2) is 9.37 Å². The zero-order valence-electron chi connectivity index (χ0n) is 11.0. The van der Waals surface area contributed by atoms with Gasteiger partial charge < -0.3 is 4.57 Å². The minimum Gasteiger partial charge on any atom is -0.327 e. The number of hydrogen-bond donors (Lipinski definition) is 0. The average Bonchev–Trinajstić information content (AvgIpc) is 2.66. The number of aromatic nitrogens is 2. The first kappa shape index (κ1) is 13.3. The largest absolute Gasteiger partial charge is 0.327 e. The molecule has 1 aromatic heterocycles. The molecule has 2 aromatic rings. The van der Waals surface area contributed by atoms with Crippen LogP contribution in [-0.4, -0.2) is 9.55 Å². The Morgan fingerprint density at radius 1 is 1.33 bits per heavy atom. The number of alkyl halides is 1. The normalized spacial score (nSPS) is 13.4. The van der Waals surface area contributed by atoms with Crippen molar-refractivity contribution in [1.29, 1.82) is 0 Å². The molecular formula is C14H18ClFN2. The van der Waals surface area contributed by atoms with E-state index in [1.807, 2.05) is 17.6 Å². The van der Waals surface area contributed by atoms with E-state index in [4.69, 9.17) is 11.6 Å². The molecule has 0 N–H and O–H groups in total. The smallest absolute Gasteiger partial charge is 0.151 e. The summed E-state index contributed by atoms with van der Waals surface area (Å²) in [5, 5.41) is -0.219. The number of hydrogen-bond acceptors (Lipinski definition) is 1. The number of aryl methyl sites for hydroxylation is 1. The first-order valence-corrected chi connectivity index (χ1v) is 6.73. The second-order valence-electron chi connectivity index (χ2n) is 5.03. The van der Waals surface area contributed by atoms with Crippen LogP contribution in [0.3, 0.4) is 0 Å². The van der Waals surface area contributed by atoms with Crippen LogP contribution in [0.4, 0.5) is 4.39 Å². The molecule has 0 bridgehead atoms. The molecule has 18 heavy (non-hydrogen) atoms. The lowest BCUT2D eigenvalue weighted by Gasteiger charge is -2.11. The van der Waals surface area contributed by atoms with Crippen molar-refractivity contribution in [3.63, 3.8) is 0 Å². The maximum atomic E-state index is 13.7. The molecule has 0 spiro atoms. The highest BCUT2D eigenvalue weighted by Crippen LogP contribution is 2.26. The molecule has 0 aliphatic carbocycles. The average molecular weight is 269 g/mol. The van der Waals surface area contributed by atoms with Crippen LogP contribution in [0, 0.1) is 11.7 Å². The van der Waals surface area contributed by atoms with Crippen LogP contribution >= 0.6 is 11.6 Å². The van der Waals surface area contributed by atoms with Gasteiger partial charge in [-0.3, -0.25) is 0 Å². The second kappa shape index (κ2) is 5.27. The molecule has 98 valence electrons. The number of nitrogens with zero attached hydrogens (tertiary/aromatic N) is 2. The molecule has 0 saturated heterocycles. The van der Waals surface area contributed by atoms with Crippen molar-refractivity contribution in [2.75, 3.05) is 0 Å². The minimum atomic E-state index is -0.283. The Morgan fingerprint density at radius 2 is 2.06 bits per heavy atom. The monoisotopic (exact) mass is 268 g/mol. The Balaban J connectivity index is 2.52. The Labute approximate surface area is 112 Å². The fourth-order valence-corrected chi connectivity index (χ4v) is 2.22. The Bertz CT molecular complexity index is 546. The zero-order chi connectivity index (χ0) is 13.3. The molecule has 0 aliphatic rings. The number of imidazole rings is 1. The summed E-state index contributed by atoms with van der Waals surface area (Å²) in [4.78, 5) is 4.35. The Hall–Kier alpha value is -1.09. The fraction of sp³-hybridized carbons (Fsp3) is 0.500. The van der Waals surface area contributed by atoms with Crippen LogP contribution in [-0.2, 0) is 6.54 Å². The minimum absolute atomic E-state index is 0.219. The summed E-state index contributed by atoms with van der Waals surface area (Å²) < 4.78 is 15.8. The lowest BCUT2D eigenvalue weighted by molar-refractivity contribution is 0.512. The molecule has 0 saturated carbocycles. The standard InChI is InChI=1S/C14H18ClFN2/c1-9(2)7-8-18-12-6-4-5-11(16)13(12)17-14(18)10(3)15/h4-6,9-10H,7-8H2,1-3H3. The van der Waals surface area contributed by atoms with Gasteiger partial charge in [-0.2, -0.15) is 0 Å². The molecular weight excluding hydrogens is 251 g/mol. The molecule has 0 aliphatic heterocycles. The van der Waals surface area contributed by atoms with Gasteiger partial charge in [0.05, 0.1) is 10.9 Å². The third-order valence-corrected chi connectivity index (χ3v) is 3.24. The Morgan fingerprint density at radius 3 is 2.67 bits per heavy atom. The van der Waals surface area contributed by atoms with Gasteiger partial charge in [0.1, 0.15) is 11.3 Å². The highest BCUT2D eigenvalue weighted by atomic mass is 35.5. The van der Waals surface area contributed by atoms with Gasteiger partial charge in [0, 0.05) is 6.54 Å². The predicted octanol–water partition coefficient (Wildman–Crippen LogP) is 4.52. The van der Waals surface area contributed by atoms with E-state index in [9.17, 15) is 4.39 Å². The highest BCUT2D eigenvalue weighted by Gasteiger charge is 2.16. The van der Waals surface area contributed by atoms with Gasteiger partial charge in [0.15, 0.2) is 5.82 Å². The van der Waals surface area contributed by atoms with Crippen LogP contribution in [0.2, 0.25) is 0 Å². The summed E-state index contributed by atoms with van der Waals surface area (Å²) >= 11 is 6.14. The number of para-hydroxylation sites is 1. The van der Waals surface area contributed by atoms with Crippen LogP contribution in [0.25, 0.3) is 11.0 Å². The van der Waals surface area contributed by atoms with E-state index in [-0.39, 0.29) is 11.2 Å². The van der Waals surface area contributed by atoms with Gasteiger partial charge in [0.2, 0.25) is 0 Å². The van der Waals surface area contributed by atoms with Crippen molar-refractivity contribution >= 4 is 22.6 Å². The van der Waals surface area contributed by atoms with Crippen molar-refractivity contribution in [2.24, 2.45) is 5.92 Å². The van der Waals surface area contributed by atoms with E-state index < -0.39 is 0 Å². The topological polar surface area (TPSA) is 17.8 Å². The van der Waals surface area contributed by atoms with Crippen molar-refractivity contribution in [3.8, 4) is 0 Å². The van der Waals surface area contributed by atoms with Gasteiger partial charge >= 0.3 is 0 Å². The van der Waals surface area contributed by atoms with Crippen molar-refractivity contribution in [3.05, 3.63) is 29.8 Å². The zero-order valence-corrected chi connectivity index (χ0v) is 11.7. The first-order chi connectivity index (χ1) is 8.50. The van der Waals surface area contributed by atoms with E-state index >= 15 is 0 Å². The molecule has 1 unspecified atom stereocenters. The summed E-state index contributed by atoms with van der Waals surface area (Å²) in [6.45, 7) is 7.03.